The highest BCUT2D eigenvalue weighted by Crippen LogP contribution is 2.59. The highest BCUT2D eigenvalue weighted by molar-refractivity contribution is 5.22. The molecule has 0 bridgehead atoms. The fourth-order valence-electron chi connectivity index (χ4n) is 3.07. The van der Waals surface area contributed by atoms with E-state index in [4.69, 9.17) is 0 Å². The maximum Gasteiger partial charge on any atom is -0.00591 e. The molecule has 0 aliphatic heterocycles. The molecule has 0 heteroatoms. The van der Waals surface area contributed by atoms with Crippen molar-refractivity contribution in [2.75, 3.05) is 0 Å². The van der Waals surface area contributed by atoms with Crippen molar-refractivity contribution in [1.82, 2.24) is 0 Å². The first kappa shape index (κ1) is 14.5. The number of unbranched alkanes of at least 4 members (excludes halogenated alkanes) is 2. The highest BCUT2D eigenvalue weighted by atomic mass is 14.5. The van der Waals surface area contributed by atoms with E-state index in [9.17, 15) is 0 Å². The Morgan fingerprint density at radius 3 is 2.47 bits per heavy atom. The van der Waals surface area contributed by atoms with Gasteiger partial charge in [-0.15, -0.1) is 0 Å². The summed E-state index contributed by atoms with van der Waals surface area (Å²) in [6, 6.07) is 0. The lowest BCUT2D eigenvalue weighted by Crippen LogP contribution is -2.16. The fourth-order valence-corrected chi connectivity index (χ4v) is 3.07. The van der Waals surface area contributed by atoms with E-state index in [1.165, 1.54) is 44.9 Å². The predicted molar refractivity (Wildman–Crippen MR) is 78.2 cm³/mol. The van der Waals surface area contributed by atoms with Crippen molar-refractivity contribution in [3.8, 4) is 0 Å². The molecule has 1 saturated carbocycles. The first-order valence-corrected chi connectivity index (χ1v) is 7.49. The first-order chi connectivity index (χ1) is 8.21. The lowest BCUT2D eigenvalue weighted by Gasteiger charge is -2.26. The third kappa shape index (κ3) is 3.72. The lowest BCUT2D eigenvalue weighted by atomic mass is 9.79. The summed E-state index contributed by atoms with van der Waals surface area (Å²) in [5, 5.41) is 0. The molecular formula is C17H30. The van der Waals surface area contributed by atoms with E-state index in [2.05, 4.69) is 45.9 Å². The minimum atomic E-state index is 0.585. The Bertz CT molecular complexity index is 266. The molecule has 0 saturated heterocycles. The van der Waals surface area contributed by atoms with Crippen LogP contribution in [-0.2, 0) is 0 Å². The van der Waals surface area contributed by atoms with E-state index in [0.29, 0.717) is 5.41 Å². The molecule has 0 amide bonds. The largest absolute Gasteiger partial charge is 0.0917 e. The molecule has 1 unspecified atom stereocenters. The summed E-state index contributed by atoms with van der Waals surface area (Å²) in [5.41, 5.74) is 2.27. The molecule has 0 aromatic carbocycles. The van der Waals surface area contributed by atoms with Gasteiger partial charge in [0.25, 0.3) is 0 Å². The van der Waals surface area contributed by atoms with Crippen LogP contribution in [0.15, 0.2) is 23.8 Å². The molecule has 0 radical (unpaired) electrons. The smallest absolute Gasteiger partial charge is 0.00591 e. The van der Waals surface area contributed by atoms with Crippen LogP contribution in [0.2, 0.25) is 0 Å². The summed E-state index contributed by atoms with van der Waals surface area (Å²) in [7, 11) is 0. The van der Waals surface area contributed by atoms with Crippen LogP contribution in [0.5, 0.6) is 0 Å². The maximum absolute atomic E-state index is 2.52. The summed E-state index contributed by atoms with van der Waals surface area (Å²) in [6.07, 6.45) is 16.5. The van der Waals surface area contributed by atoms with Gasteiger partial charge in [-0.2, -0.15) is 0 Å². The second kappa shape index (κ2) is 7.03. The standard InChI is InChI=1S/C17H30/c1-5-8-10-11-15(4)17(13-14-17)16(7-3)12-9-6-2/h6,9,11,16H,5,7-8,10,12-14H2,1-4H3. The molecule has 0 N–H and O–H groups in total. The fraction of sp³-hybridized carbons (Fsp3) is 0.765. The molecular weight excluding hydrogens is 204 g/mol. The van der Waals surface area contributed by atoms with Gasteiger partial charge in [-0.1, -0.05) is 56.9 Å². The van der Waals surface area contributed by atoms with Gasteiger partial charge in [0.05, 0.1) is 0 Å². The van der Waals surface area contributed by atoms with E-state index >= 15 is 0 Å². The van der Waals surface area contributed by atoms with Crippen LogP contribution in [0.1, 0.15) is 72.6 Å². The van der Waals surface area contributed by atoms with E-state index in [1.54, 1.807) is 5.57 Å². The van der Waals surface area contributed by atoms with Gasteiger partial charge < -0.3 is 0 Å². The second-order valence-corrected chi connectivity index (χ2v) is 5.60. The molecule has 1 rings (SSSR count). The normalized spacial score (nSPS) is 20.8. The summed E-state index contributed by atoms with van der Waals surface area (Å²) in [6.45, 7) is 9.14. The van der Waals surface area contributed by atoms with Crippen molar-refractivity contribution in [3.05, 3.63) is 23.8 Å². The van der Waals surface area contributed by atoms with Crippen molar-refractivity contribution in [1.29, 1.82) is 0 Å². The molecule has 1 aliphatic carbocycles. The van der Waals surface area contributed by atoms with Crippen molar-refractivity contribution in [2.24, 2.45) is 11.3 Å². The molecule has 0 spiro atoms. The Morgan fingerprint density at radius 1 is 1.29 bits per heavy atom. The first-order valence-electron chi connectivity index (χ1n) is 7.49. The van der Waals surface area contributed by atoms with Gasteiger partial charge >= 0.3 is 0 Å². The van der Waals surface area contributed by atoms with Crippen molar-refractivity contribution in [3.63, 3.8) is 0 Å². The third-order valence-electron chi connectivity index (χ3n) is 4.51. The third-order valence-corrected chi connectivity index (χ3v) is 4.51. The zero-order valence-corrected chi connectivity index (χ0v) is 12.3. The van der Waals surface area contributed by atoms with Crippen LogP contribution >= 0.6 is 0 Å². The van der Waals surface area contributed by atoms with Crippen LogP contribution in [0, 0.1) is 11.3 Å². The Kier molecular flexibility index (Phi) is 6.02. The van der Waals surface area contributed by atoms with Gasteiger partial charge in [-0.25, -0.2) is 0 Å². The summed E-state index contributed by atoms with van der Waals surface area (Å²) >= 11 is 0. The average Bonchev–Trinajstić information content (AvgIpc) is 3.12. The average molecular weight is 234 g/mol. The number of hydrogen-bond acceptors (Lipinski definition) is 0. The molecule has 1 aliphatic rings. The molecule has 1 fully saturated rings. The monoisotopic (exact) mass is 234 g/mol. The van der Waals surface area contributed by atoms with Crippen LogP contribution < -0.4 is 0 Å². The molecule has 0 heterocycles. The van der Waals surface area contributed by atoms with Crippen molar-refractivity contribution < 1.29 is 0 Å². The topological polar surface area (TPSA) is 0 Å². The van der Waals surface area contributed by atoms with Gasteiger partial charge in [-0.3, -0.25) is 0 Å². The zero-order chi connectivity index (χ0) is 12.7. The predicted octanol–water partition coefficient (Wildman–Crippen LogP) is 5.90. The van der Waals surface area contributed by atoms with Crippen LogP contribution in [-0.4, -0.2) is 0 Å². The Hall–Kier alpha value is -0.520. The molecule has 0 aromatic heterocycles. The Labute approximate surface area is 108 Å². The molecule has 0 nitrogen and oxygen atoms in total. The summed E-state index contributed by atoms with van der Waals surface area (Å²) < 4.78 is 0. The number of allylic oxidation sites excluding steroid dienone is 4. The van der Waals surface area contributed by atoms with E-state index in [1.807, 2.05) is 0 Å². The zero-order valence-electron chi connectivity index (χ0n) is 12.3. The molecule has 0 aromatic rings. The highest BCUT2D eigenvalue weighted by Gasteiger charge is 2.48. The molecule has 17 heavy (non-hydrogen) atoms. The molecule has 98 valence electrons. The summed E-state index contributed by atoms with van der Waals surface area (Å²) in [5.74, 6) is 0.872. The summed E-state index contributed by atoms with van der Waals surface area (Å²) in [4.78, 5) is 0. The van der Waals surface area contributed by atoms with E-state index in [0.717, 1.165) is 5.92 Å². The maximum atomic E-state index is 2.52. The lowest BCUT2D eigenvalue weighted by molar-refractivity contribution is 0.347. The SMILES string of the molecule is CC=CCC(CC)C1(C(C)=CCCCC)CC1. The minimum absolute atomic E-state index is 0.585. The van der Waals surface area contributed by atoms with Gasteiger partial charge in [0.1, 0.15) is 0 Å². The minimum Gasteiger partial charge on any atom is -0.0917 e. The second-order valence-electron chi connectivity index (χ2n) is 5.60. The number of hydrogen-bond donors (Lipinski definition) is 0. The van der Waals surface area contributed by atoms with E-state index < -0.39 is 0 Å². The van der Waals surface area contributed by atoms with Gasteiger partial charge in [0, 0.05) is 0 Å². The van der Waals surface area contributed by atoms with Crippen LogP contribution in [0.25, 0.3) is 0 Å². The van der Waals surface area contributed by atoms with Crippen LogP contribution in [0.4, 0.5) is 0 Å². The van der Waals surface area contributed by atoms with Crippen molar-refractivity contribution in [2.45, 2.75) is 72.6 Å². The van der Waals surface area contributed by atoms with Gasteiger partial charge in [0.2, 0.25) is 0 Å². The van der Waals surface area contributed by atoms with Crippen molar-refractivity contribution >= 4 is 0 Å². The quantitative estimate of drug-likeness (QED) is 0.362. The van der Waals surface area contributed by atoms with Crippen LogP contribution in [0.3, 0.4) is 0 Å². The Balaban J connectivity index is 2.61. The van der Waals surface area contributed by atoms with E-state index in [-0.39, 0.29) is 0 Å². The van der Waals surface area contributed by atoms with Gasteiger partial charge in [0.15, 0.2) is 0 Å². The molecule has 1 atom stereocenters. The Morgan fingerprint density at radius 2 is 2.00 bits per heavy atom. The van der Waals surface area contributed by atoms with Gasteiger partial charge in [-0.05, 0) is 50.9 Å². The number of rotatable bonds is 8.